The average Bonchev–Trinajstić information content (AvgIpc) is 2.73. The summed E-state index contributed by atoms with van der Waals surface area (Å²) in [6.45, 7) is 1.92. The molecule has 0 radical (unpaired) electrons. The van der Waals surface area contributed by atoms with Gasteiger partial charge in [0.1, 0.15) is 6.10 Å². The normalized spacial score (nSPS) is 12.4. The van der Waals surface area contributed by atoms with Crippen LogP contribution < -0.4 is 0 Å². The summed E-state index contributed by atoms with van der Waals surface area (Å²) in [7, 11) is 2.01. The maximum atomic E-state index is 10.4. The molecule has 0 spiro atoms. The summed E-state index contributed by atoms with van der Waals surface area (Å²) in [6, 6.07) is 30.4. The minimum Gasteiger partial charge on any atom is -0.387 e. The molecule has 3 nitrogen and oxygen atoms in total. The Labute approximate surface area is 161 Å². The molecule has 1 unspecified atom stereocenters. The molecule has 3 heteroatoms. The molecule has 1 N–H and O–H groups in total. The molecule has 3 rings (SSSR count). The van der Waals surface area contributed by atoms with E-state index < -0.39 is 6.10 Å². The summed E-state index contributed by atoms with van der Waals surface area (Å²) < 4.78 is 6.25. The SMILES string of the molecule is CN(CCOC(c1ccccc1)c1ccccc1)CC(O)c1ccccc1. The van der Waals surface area contributed by atoms with Gasteiger partial charge in [-0.25, -0.2) is 0 Å². The van der Waals surface area contributed by atoms with Gasteiger partial charge in [-0.1, -0.05) is 91.0 Å². The number of hydrogen-bond acceptors (Lipinski definition) is 3. The molecule has 0 saturated heterocycles. The molecule has 0 aromatic heterocycles. The zero-order valence-electron chi connectivity index (χ0n) is 15.7. The predicted octanol–water partition coefficient (Wildman–Crippen LogP) is 4.46. The van der Waals surface area contributed by atoms with Crippen LogP contribution >= 0.6 is 0 Å². The average molecular weight is 361 g/mol. The maximum absolute atomic E-state index is 10.4. The highest BCUT2D eigenvalue weighted by atomic mass is 16.5. The predicted molar refractivity (Wildman–Crippen MR) is 110 cm³/mol. The second kappa shape index (κ2) is 10.0. The Morgan fingerprint density at radius 1 is 0.741 bits per heavy atom. The lowest BCUT2D eigenvalue weighted by Crippen LogP contribution is -2.28. The Morgan fingerprint density at radius 2 is 1.19 bits per heavy atom. The third kappa shape index (κ3) is 5.76. The molecular weight excluding hydrogens is 334 g/mol. The van der Waals surface area contributed by atoms with Gasteiger partial charge in [0.05, 0.1) is 12.7 Å². The van der Waals surface area contributed by atoms with Crippen molar-refractivity contribution in [1.82, 2.24) is 4.90 Å². The molecule has 0 aliphatic carbocycles. The molecule has 0 saturated carbocycles. The van der Waals surface area contributed by atoms with Crippen LogP contribution in [0.1, 0.15) is 28.9 Å². The molecule has 3 aromatic carbocycles. The zero-order valence-corrected chi connectivity index (χ0v) is 15.7. The number of hydrogen-bond donors (Lipinski definition) is 1. The highest BCUT2D eigenvalue weighted by Gasteiger charge is 2.15. The van der Waals surface area contributed by atoms with Crippen LogP contribution in [0.3, 0.4) is 0 Å². The number of aliphatic hydroxyl groups excluding tert-OH is 1. The Morgan fingerprint density at radius 3 is 1.67 bits per heavy atom. The first kappa shape index (κ1) is 19.3. The summed E-state index contributed by atoms with van der Waals surface area (Å²) in [5.41, 5.74) is 3.24. The van der Waals surface area contributed by atoms with Gasteiger partial charge < -0.3 is 14.7 Å². The molecule has 0 heterocycles. The van der Waals surface area contributed by atoms with Gasteiger partial charge in [-0.2, -0.15) is 0 Å². The molecular formula is C24H27NO2. The van der Waals surface area contributed by atoms with E-state index in [-0.39, 0.29) is 6.10 Å². The van der Waals surface area contributed by atoms with Crippen LogP contribution in [0.15, 0.2) is 91.0 Å². The van der Waals surface area contributed by atoms with E-state index in [1.165, 1.54) is 0 Å². The fourth-order valence-corrected chi connectivity index (χ4v) is 3.13. The first-order valence-electron chi connectivity index (χ1n) is 9.37. The molecule has 0 amide bonds. The third-order valence-electron chi connectivity index (χ3n) is 4.63. The van der Waals surface area contributed by atoms with Crippen molar-refractivity contribution in [3.63, 3.8) is 0 Å². The maximum Gasteiger partial charge on any atom is 0.108 e. The number of nitrogens with zero attached hydrogens (tertiary/aromatic N) is 1. The Kier molecular flexibility index (Phi) is 7.17. The first-order chi connectivity index (χ1) is 13.2. The van der Waals surface area contributed by atoms with Crippen molar-refractivity contribution in [2.45, 2.75) is 12.2 Å². The van der Waals surface area contributed by atoms with Crippen LogP contribution in [0, 0.1) is 0 Å². The van der Waals surface area contributed by atoms with E-state index >= 15 is 0 Å². The molecule has 0 aliphatic heterocycles. The van der Waals surface area contributed by atoms with Gasteiger partial charge in [0.15, 0.2) is 0 Å². The monoisotopic (exact) mass is 361 g/mol. The topological polar surface area (TPSA) is 32.7 Å². The van der Waals surface area contributed by atoms with E-state index in [0.717, 1.165) is 23.2 Å². The van der Waals surface area contributed by atoms with E-state index in [4.69, 9.17) is 4.74 Å². The van der Waals surface area contributed by atoms with Crippen LogP contribution in [-0.2, 0) is 4.74 Å². The molecule has 3 aromatic rings. The summed E-state index contributed by atoms with van der Waals surface area (Å²) in [4.78, 5) is 2.10. The van der Waals surface area contributed by atoms with Crippen molar-refractivity contribution in [1.29, 1.82) is 0 Å². The highest BCUT2D eigenvalue weighted by molar-refractivity contribution is 5.29. The van der Waals surface area contributed by atoms with Crippen LogP contribution in [0.25, 0.3) is 0 Å². The van der Waals surface area contributed by atoms with Gasteiger partial charge in [0.2, 0.25) is 0 Å². The summed E-state index contributed by atoms with van der Waals surface area (Å²) in [5.74, 6) is 0. The van der Waals surface area contributed by atoms with E-state index in [0.29, 0.717) is 13.2 Å². The standard InChI is InChI=1S/C24H27NO2/c1-25(19-23(26)20-11-5-2-6-12-20)17-18-27-24(21-13-7-3-8-14-21)22-15-9-4-10-16-22/h2-16,23-24,26H,17-19H2,1H3. The van der Waals surface area contributed by atoms with Crippen molar-refractivity contribution in [2.75, 3.05) is 26.7 Å². The van der Waals surface area contributed by atoms with Crippen LogP contribution in [0.4, 0.5) is 0 Å². The summed E-state index contributed by atoms with van der Waals surface area (Å²) in [5, 5.41) is 10.4. The largest absolute Gasteiger partial charge is 0.387 e. The number of benzene rings is 3. The Bertz CT molecular complexity index is 738. The van der Waals surface area contributed by atoms with E-state index in [2.05, 4.69) is 29.2 Å². The lowest BCUT2D eigenvalue weighted by atomic mass is 10.0. The minimum atomic E-state index is -0.491. The number of likely N-dealkylation sites (N-methyl/N-ethyl adjacent to an activating group) is 1. The van der Waals surface area contributed by atoms with Crippen molar-refractivity contribution in [2.24, 2.45) is 0 Å². The highest BCUT2D eigenvalue weighted by Crippen LogP contribution is 2.25. The molecule has 0 fully saturated rings. The van der Waals surface area contributed by atoms with Gasteiger partial charge in [-0.05, 0) is 23.7 Å². The van der Waals surface area contributed by atoms with Gasteiger partial charge in [-0.3, -0.25) is 0 Å². The molecule has 27 heavy (non-hydrogen) atoms. The second-order valence-corrected chi connectivity index (χ2v) is 6.76. The van der Waals surface area contributed by atoms with Gasteiger partial charge in [-0.15, -0.1) is 0 Å². The van der Waals surface area contributed by atoms with Crippen molar-refractivity contribution < 1.29 is 9.84 Å². The van der Waals surface area contributed by atoms with Crippen molar-refractivity contribution >= 4 is 0 Å². The molecule has 0 bridgehead atoms. The minimum absolute atomic E-state index is 0.0835. The summed E-state index contributed by atoms with van der Waals surface area (Å²) in [6.07, 6.45) is -0.574. The smallest absolute Gasteiger partial charge is 0.108 e. The van der Waals surface area contributed by atoms with E-state index in [9.17, 15) is 5.11 Å². The van der Waals surface area contributed by atoms with Gasteiger partial charge in [0.25, 0.3) is 0 Å². The van der Waals surface area contributed by atoms with Gasteiger partial charge >= 0.3 is 0 Å². The molecule has 140 valence electrons. The lowest BCUT2D eigenvalue weighted by Gasteiger charge is -2.23. The van der Waals surface area contributed by atoms with Crippen molar-refractivity contribution in [3.8, 4) is 0 Å². The Balaban J connectivity index is 1.56. The molecule has 0 aliphatic rings. The Hall–Kier alpha value is -2.46. The lowest BCUT2D eigenvalue weighted by molar-refractivity contribution is 0.0524. The fraction of sp³-hybridized carbons (Fsp3) is 0.250. The van der Waals surface area contributed by atoms with E-state index in [1.807, 2.05) is 73.8 Å². The third-order valence-corrected chi connectivity index (χ3v) is 4.63. The van der Waals surface area contributed by atoms with Crippen LogP contribution in [0.5, 0.6) is 0 Å². The number of ether oxygens (including phenoxy) is 1. The summed E-state index contributed by atoms with van der Waals surface area (Å²) >= 11 is 0. The zero-order chi connectivity index (χ0) is 18.9. The number of aliphatic hydroxyl groups is 1. The van der Waals surface area contributed by atoms with Crippen molar-refractivity contribution in [3.05, 3.63) is 108 Å². The first-order valence-corrected chi connectivity index (χ1v) is 9.37. The second-order valence-electron chi connectivity index (χ2n) is 6.76. The fourth-order valence-electron chi connectivity index (χ4n) is 3.13. The van der Waals surface area contributed by atoms with Gasteiger partial charge in [0, 0.05) is 13.1 Å². The molecule has 1 atom stereocenters. The van der Waals surface area contributed by atoms with Crippen LogP contribution in [-0.4, -0.2) is 36.8 Å². The van der Waals surface area contributed by atoms with Crippen LogP contribution in [0.2, 0.25) is 0 Å². The number of rotatable bonds is 9. The quantitative estimate of drug-likeness (QED) is 0.611. The van der Waals surface area contributed by atoms with E-state index in [1.54, 1.807) is 0 Å².